The quantitative estimate of drug-likeness (QED) is 0.559. The monoisotopic (exact) mass is 165 g/mol. The molecule has 0 saturated heterocycles. The van der Waals surface area contributed by atoms with Crippen molar-refractivity contribution in [3.8, 4) is 0 Å². The van der Waals surface area contributed by atoms with Crippen LogP contribution >= 0.6 is 15.9 Å². The highest BCUT2D eigenvalue weighted by atomic mass is 79.9. The van der Waals surface area contributed by atoms with E-state index >= 15 is 0 Å². The van der Waals surface area contributed by atoms with Crippen molar-refractivity contribution in [2.75, 3.05) is 0 Å². The molecule has 0 aromatic heterocycles. The molecular formula is C5H10BrO. The van der Waals surface area contributed by atoms with E-state index in [9.17, 15) is 5.11 Å². The number of halogens is 1. The number of alkyl halides is 1. The summed E-state index contributed by atoms with van der Waals surface area (Å²) in [4.78, 5) is 0.375. The first-order valence-electron chi connectivity index (χ1n) is 2.43. The summed E-state index contributed by atoms with van der Waals surface area (Å²) in [7, 11) is 0. The maximum Gasteiger partial charge on any atom is 0.0912 e. The summed E-state index contributed by atoms with van der Waals surface area (Å²) in [5.74, 6) is 0. The van der Waals surface area contributed by atoms with E-state index < -0.39 is 6.10 Å². The van der Waals surface area contributed by atoms with E-state index in [0.717, 1.165) is 6.42 Å². The Hall–Kier alpha value is 0.440. The average molecular weight is 166 g/mol. The Morgan fingerprint density at radius 1 is 1.57 bits per heavy atom. The van der Waals surface area contributed by atoms with Crippen LogP contribution in [0.5, 0.6) is 0 Å². The van der Waals surface area contributed by atoms with Crippen molar-refractivity contribution < 1.29 is 5.11 Å². The minimum Gasteiger partial charge on any atom is -0.233 e. The van der Waals surface area contributed by atoms with Gasteiger partial charge in [0.2, 0.25) is 0 Å². The summed E-state index contributed by atoms with van der Waals surface area (Å²) in [6.45, 7) is 3.66. The molecule has 0 bridgehead atoms. The van der Waals surface area contributed by atoms with Gasteiger partial charge < -0.3 is 0 Å². The van der Waals surface area contributed by atoms with Crippen LogP contribution in [0.25, 0.3) is 0 Å². The van der Waals surface area contributed by atoms with Crippen molar-refractivity contribution in [1.29, 1.82) is 0 Å². The van der Waals surface area contributed by atoms with Crippen molar-refractivity contribution in [2.24, 2.45) is 0 Å². The van der Waals surface area contributed by atoms with Gasteiger partial charge in [-0.2, -0.15) is 0 Å². The van der Waals surface area contributed by atoms with E-state index in [1.54, 1.807) is 6.92 Å². The van der Waals surface area contributed by atoms with E-state index in [2.05, 4.69) is 15.9 Å². The molecule has 0 aromatic carbocycles. The van der Waals surface area contributed by atoms with Gasteiger partial charge in [0.25, 0.3) is 0 Å². The third-order valence-electron chi connectivity index (χ3n) is 0.657. The van der Waals surface area contributed by atoms with E-state index in [4.69, 9.17) is 0 Å². The first-order chi connectivity index (χ1) is 3.13. The molecule has 0 aliphatic heterocycles. The molecule has 0 aromatic rings. The van der Waals surface area contributed by atoms with Crippen LogP contribution < -0.4 is 0 Å². The molecule has 43 valence electrons. The standard InChI is InChI=1S/C5H10BrO/c1-4(6)3-5(2)7/h4-5H,3H2,1-2H3. The summed E-state index contributed by atoms with van der Waals surface area (Å²) in [6.07, 6.45) is 0.300. The molecule has 7 heavy (non-hydrogen) atoms. The van der Waals surface area contributed by atoms with Crippen LogP contribution in [0.2, 0.25) is 0 Å². The summed E-state index contributed by atoms with van der Waals surface area (Å²) in [5.41, 5.74) is 0. The highest BCUT2D eigenvalue weighted by Gasteiger charge is 2.00. The summed E-state index contributed by atoms with van der Waals surface area (Å²) in [6, 6.07) is 0. The molecule has 0 heterocycles. The fourth-order valence-electron chi connectivity index (χ4n) is 0.457. The molecule has 0 spiro atoms. The van der Waals surface area contributed by atoms with Crippen molar-refractivity contribution in [3.63, 3.8) is 0 Å². The van der Waals surface area contributed by atoms with E-state index in [1.165, 1.54) is 0 Å². The van der Waals surface area contributed by atoms with Crippen molar-refractivity contribution in [2.45, 2.75) is 31.2 Å². The van der Waals surface area contributed by atoms with Gasteiger partial charge in [-0.1, -0.05) is 22.9 Å². The number of hydrogen-bond donors (Lipinski definition) is 0. The lowest BCUT2D eigenvalue weighted by Crippen LogP contribution is -2.03. The lowest BCUT2D eigenvalue weighted by atomic mass is 10.2. The van der Waals surface area contributed by atoms with Crippen LogP contribution in [-0.2, 0) is 5.11 Å². The Morgan fingerprint density at radius 3 is 2.00 bits per heavy atom. The lowest BCUT2D eigenvalue weighted by molar-refractivity contribution is 0.0987. The highest BCUT2D eigenvalue weighted by molar-refractivity contribution is 9.09. The molecule has 1 nitrogen and oxygen atoms in total. The van der Waals surface area contributed by atoms with Crippen LogP contribution in [0.3, 0.4) is 0 Å². The second kappa shape index (κ2) is 3.44. The third-order valence-corrected chi connectivity index (χ3v) is 1.03. The Kier molecular flexibility index (Phi) is 3.66. The Bertz CT molecular complexity index is 37.3. The molecule has 0 N–H and O–H groups in total. The van der Waals surface area contributed by atoms with Crippen molar-refractivity contribution >= 4 is 15.9 Å². The van der Waals surface area contributed by atoms with Crippen LogP contribution in [0, 0.1) is 0 Å². The predicted octanol–water partition coefficient (Wildman–Crippen LogP) is 1.98. The third kappa shape index (κ3) is 6.44. The number of hydrogen-bond acceptors (Lipinski definition) is 0. The predicted molar refractivity (Wildman–Crippen MR) is 33.2 cm³/mol. The van der Waals surface area contributed by atoms with Crippen LogP contribution in [0.15, 0.2) is 0 Å². The molecular weight excluding hydrogens is 156 g/mol. The normalized spacial score (nSPS) is 18.9. The van der Waals surface area contributed by atoms with E-state index in [0.29, 0.717) is 4.83 Å². The molecule has 0 amide bonds. The van der Waals surface area contributed by atoms with Crippen molar-refractivity contribution in [1.82, 2.24) is 0 Å². The maximum atomic E-state index is 10.3. The van der Waals surface area contributed by atoms with Gasteiger partial charge in [-0.15, -0.1) is 0 Å². The first-order valence-corrected chi connectivity index (χ1v) is 3.34. The van der Waals surface area contributed by atoms with Crippen LogP contribution in [0.4, 0.5) is 0 Å². The number of rotatable bonds is 2. The largest absolute Gasteiger partial charge is 0.233 e. The molecule has 2 unspecified atom stereocenters. The SMILES string of the molecule is CC([O])CC(C)Br. The second-order valence-corrected chi connectivity index (χ2v) is 3.39. The fourth-order valence-corrected chi connectivity index (χ4v) is 0.984. The molecule has 0 fully saturated rings. The molecule has 0 aliphatic rings. The first kappa shape index (κ1) is 7.44. The van der Waals surface area contributed by atoms with Gasteiger partial charge in [0.15, 0.2) is 0 Å². The summed E-state index contributed by atoms with van der Waals surface area (Å²) in [5, 5.41) is 10.3. The fraction of sp³-hybridized carbons (Fsp3) is 1.00. The van der Waals surface area contributed by atoms with Crippen molar-refractivity contribution in [3.05, 3.63) is 0 Å². The highest BCUT2D eigenvalue weighted by Crippen LogP contribution is 2.05. The Morgan fingerprint density at radius 2 is 2.00 bits per heavy atom. The van der Waals surface area contributed by atoms with Crippen LogP contribution in [0.1, 0.15) is 20.3 Å². The minimum absolute atomic E-state index is 0.375. The molecule has 0 saturated carbocycles. The Balaban J connectivity index is 2.95. The lowest BCUT2D eigenvalue weighted by Gasteiger charge is -2.00. The van der Waals surface area contributed by atoms with Gasteiger partial charge >= 0.3 is 0 Å². The average Bonchev–Trinajstić information content (AvgIpc) is 1.27. The molecule has 2 atom stereocenters. The maximum absolute atomic E-state index is 10.3. The molecule has 2 heteroatoms. The van der Waals surface area contributed by atoms with Gasteiger partial charge in [-0.05, 0) is 13.3 Å². The second-order valence-electron chi connectivity index (χ2n) is 1.83. The van der Waals surface area contributed by atoms with E-state index in [-0.39, 0.29) is 0 Å². The molecule has 0 rings (SSSR count). The Labute approximate surface area is 52.9 Å². The zero-order chi connectivity index (χ0) is 5.86. The zero-order valence-electron chi connectivity index (χ0n) is 4.65. The topological polar surface area (TPSA) is 19.9 Å². The van der Waals surface area contributed by atoms with Gasteiger partial charge in [0.1, 0.15) is 0 Å². The van der Waals surface area contributed by atoms with Gasteiger partial charge in [-0.25, -0.2) is 5.11 Å². The minimum atomic E-state index is -0.422. The molecule has 1 radical (unpaired) electrons. The zero-order valence-corrected chi connectivity index (χ0v) is 6.23. The van der Waals surface area contributed by atoms with E-state index in [1.807, 2.05) is 6.92 Å². The smallest absolute Gasteiger partial charge is 0.0912 e. The van der Waals surface area contributed by atoms with Gasteiger partial charge in [-0.3, -0.25) is 0 Å². The summed E-state index contributed by atoms with van der Waals surface area (Å²) >= 11 is 3.27. The molecule has 0 aliphatic carbocycles. The summed E-state index contributed by atoms with van der Waals surface area (Å²) < 4.78 is 0. The van der Waals surface area contributed by atoms with Gasteiger partial charge in [0.05, 0.1) is 6.10 Å². The van der Waals surface area contributed by atoms with Gasteiger partial charge in [0, 0.05) is 4.83 Å². The van der Waals surface area contributed by atoms with Crippen LogP contribution in [-0.4, -0.2) is 10.9 Å².